The monoisotopic (exact) mass is 363 g/mol. The van der Waals surface area contributed by atoms with E-state index in [1.807, 2.05) is 41.3 Å². The molecule has 3 aromatic rings. The van der Waals surface area contributed by atoms with Crippen LogP contribution in [0, 0.1) is 0 Å². The largest absolute Gasteiger partial charge is 0.486 e. The van der Waals surface area contributed by atoms with E-state index < -0.39 is 0 Å². The van der Waals surface area contributed by atoms with Crippen LogP contribution in [0.1, 0.15) is 41.5 Å². The molecule has 1 amide bonds. The van der Waals surface area contributed by atoms with Gasteiger partial charge in [0.2, 0.25) is 0 Å². The Morgan fingerprint density at radius 1 is 1.07 bits per heavy atom. The van der Waals surface area contributed by atoms with E-state index in [1.54, 1.807) is 6.07 Å². The molecule has 1 saturated heterocycles. The van der Waals surface area contributed by atoms with Crippen molar-refractivity contribution in [1.82, 2.24) is 14.9 Å². The molecule has 1 N–H and O–H groups in total. The first-order valence-corrected chi connectivity index (χ1v) is 9.45. The smallest absolute Gasteiger partial charge is 0.254 e. The first-order chi connectivity index (χ1) is 13.3. The number of ether oxygens (including phenoxy) is 2. The number of nitrogens with one attached hydrogen (secondary N) is 1. The van der Waals surface area contributed by atoms with Gasteiger partial charge in [-0.1, -0.05) is 12.1 Å². The van der Waals surface area contributed by atoms with E-state index in [0.29, 0.717) is 30.3 Å². The lowest BCUT2D eigenvalue weighted by Gasteiger charge is -2.34. The summed E-state index contributed by atoms with van der Waals surface area (Å²) in [7, 11) is 0. The number of hydrogen-bond donors (Lipinski definition) is 1. The number of rotatable bonds is 2. The zero-order valence-corrected chi connectivity index (χ0v) is 15.0. The minimum Gasteiger partial charge on any atom is -0.486 e. The Morgan fingerprint density at radius 2 is 1.93 bits per heavy atom. The number of benzene rings is 2. The topological polar surface area (TPSA) is 67.5 Å². The van der Waals surface area contributed by atoms with Gasteiger partial charge in [-0.05, 0) is 49.6 Å². The van der Waals surface area contributed by atoms with E-state index in [-0.39, 0.29) is 11.9 Å². The Morgan fingerprint density at radius 3 is 2.81 bits per heavy atom. The quantitative estimate of drug-likeness (QED) is 0.754. The fraction of sp³-hybridized carbons (Fsp3) is 0.333. The average Bonchev–Trinajstić information content (AvgIpc) is 3.17. The second-order valence-corrected chi connectivity index (χ2v) is 7.01. The van der Waals surface area contributed by atoms with Crippen LogP contribution >= 0.6 is 0 Å². The van der Waals surface area contributed by atoms with E-state index >= 15 is 0 Å². The van der Waals surface area contributed by atoms with Gasteiger partial charge < -0.3 is 19.4 Å². The van der Waals surface area contributed by atoms with Gasteiger partial charge in [0.25, 0.3) is 5.91 Å². The number of carbonyl (C=O) groups excluding carboxylic acids is 1. The third-order valence-corrected chi connectivity index (χ3v) is 5.28. The van der Waals surface area contributed by atoms with Gasteiger partial charge in [0, 0.05) is 12.1 Å². The Balaban J connectivity index is 1.47. The summed E-state index contributed by atoms with van der Waals surface area (Å²) in [5, 5.41) is 0. The number of nitrogens with zero attached hydrogens (tertiary/aromatic N) is 2. The molecule has 6 nitrogen and oxygen atoms in total. The third kappa shape index (κ3) is 2.91. The molecular formula is C21H21N3O3. The van der Waals surface area contributed by atoms with Crippen LogP contribution < -0.4 is 9.47 Å². The number of H-pyrrole nitrogens is 1. The molecule has 2 aromatic carbocycles. The zero-order chi connectivity index (χ0) is 18.2. The number of fused-ring (bicyclic) bond motifs is 2. The molecule has 27 heavy (non-hydrogen) atoms. The third-order valence-electron chi connectivity index (χ3n) is 5.28. The molecule has 0 spiro atoms. The average molecular weight is 363 g/mol. The number of para-hydroxylation sites is 2. The highest BCUT2D eigenvalue weighted by Gasteiger charge is 2.31. The van der Waals surface area contributed by atoms with Gasteiger partial charge in [0.1, 0.15) is 19.0 Å². The number of hydrogen-bond acceptors (Lipinski definition) is 4. The molecule has 2 aliphatic rings. The predicted octanol–water partition coefficient (Wildman–Crippen LogP) is 3.70. The Hall–Kier alpha value is -3.02. The van der Waals surface area contributed by atoms with Crippen LogP contribution in [0.15, 0.2) is 42.5 Å². The van der Waals surface area contributed by atoms with Crippen LogP contribution in [0.4, 0.5) is 0 Å². The molecule has 138 valence electrons. The lowest BCUT2D eigenvalue weighted by molar-refractivity contribution is 0.0600. The lowest BCUT2D eigenvalue weighted by atomic mass is 10.00. The van der Waals surface area contributed by atoms with Crippen LogP contribution in [0.5, 0.6) is 11.5 Å². The molecular weight excluding hydrogens is 342 g/mol. The molecule has 3 heterocycles. The normalized spacial score (nSPS) is 19.3. The summed E-state index contributed by atoms with van der Waals surface area (Å²) in [6.45, 7) is 1.78. The number of piperidine rings is 1. The number of aromatic nitrogens is 2. The van der Waals surface area contributed by atoms with Crippen LogP contribution in [-0.2, 0) is 0 Å². The van der Waals surface area contributed by atoms with Gasteiger partial charge in [-0.15, -0.1) is 0 Å². The Bertz CT molecular complexity index is 964. The van der Waals surface area contributed by atoms with Gasteiger partial charge >= 0.3 is 0 Å². The Labute approximate surface area is 157 Å². The number of aromatic amines is 1. The standard InChI is InChI=1S/C21H21N3O3/c25-21(14-8-9-18-19(13-14)27-12-11-26-18)24-10-4-3-7-17(24)20-22-15-5-1-2-6-16(15)23-20/h1-2,5-6,8-9,13,17H,3-4,7,10-12H2,(H,22,23)/t17-/m0/s1. The minimum atomic E-state index is -0.0353. The minimum absolute atomic E-state index is 0.0112. The highest BCUT2D eigenvalue weighted by atomic mass is 16.6. The zero-order valence-electron chi connectivity index (χ0n) is 15.0. The maximum Gasteiger partial charge on any atom is 0.254 e. The number of imidazole rings is 1. The van der Waals surface area contributed by atoms with E-state index in [4.69, 9.17) is 14.5 Å². The van der Waals surface area contributed by atoms with Crippen molar-refractivity contribution in [2.24, 2.45) is 0 Å². The van der Waals surface area contributed by atoms with E-state index in [2.05, 4.69) is 4.98 Å². The van der Waals surface area contributed by atoms with E-state index in [9.17, 15) is 4.79 Å². The molecule has 5 rings (SSSR count). The maximum atomic E-state index is 13.3. The second kappa shape index (κ2) is 6.61. The van der Waals surface area contributed by atoms with Crippen molar-refractivity contribution in [3.05, 3.63) is 53.9 Å². The molecule has 0 saturated carbocycles. The van der Waals surface area contributed by atoms with Crippen molar-refractivity contribution in [3.8, 4) is 11.5 Å². The van der Waals surface area contributed by atoms with Crippen LogP contribution in [0.2, 0.25) is 0 Å². The maximum absolute atomic E-state index is 13.3. The predicted molar refractivity (Wildman–Crippen MR) is 101 cm³/mol. The van der Waals surface area contributed by atoms with E-state index in [1.165, 1.54) is 0 Å². The van der Waals surface area contributed by atoms with Gasteiger partial charge in [0.05, 0.1) is 17.1 Å². The van der Waals surface area contributed by atoms with Crippen molar-refractivity contribution in [2.75, 3.05) is 19.8 Å². The fourth-order valence-electron chi connectivity index (χ4n) is 3.93. The van der Waals surface area contributed by atoms with Crippen molar-refractivity contribution in [1.29, 1.82) is 0 Å². The summed E-state index contributed by atoms with van der Waals surface area (Å²) in [4.78, 5) is 23.4. The van der Waals surface area contributed by atoms with Crippen molar-refractivity contribution in [3.63, 3.8) is 0 Å². The van der Waals surface area contributed by atoms with Crippen molar-refractivity contribution in [2.45, 2.75) is 25.3 Å². The number of carbonyl (C=O) groups is 1. The number of likely N-dealkylation sites (tertiary alicyclic amines) is 1. The summed E-state index contributed by atoms with van der Waals surface area (Å²) in [6, 6.07) is 13.4. The molecule has 6 heteroatoms. The fourth-order valence-corrected chi connectivity index (χ4v) is 3.93. The van der Waals surface area contributed by atoms with Gasteiger partial charge in [0.15, 0.2) is 11.5 Å². The molecule has 0 radical (unpaired) electrons. The molecule has 1 atom stereocenters. The summed E-state index contributed by atoms with van der Waals surface area (Å²) in [5.41, 5.74) is 2.57. The summed E-state index contributed by atoms with van der Waals surface area (Å²) < 4.78 is 11.2. The lowest BCUT2D eigenvalue weighted by Crippen LogP contribution is -2.39. The van der Waals surface area contributed by atoms with Gasteiger partial charge in [-0.25, -0.2) is 4.98 Å². The number of amides is 1. The van der Waals surface area contributed by atoms with Gasteiger partial charge in [-0.2, -0.15) is 0 Å². The summed E-state index contributed by atoms with van der Waals surface area (Å²) in [5.74, 6) is 2.22. The highest BCUT2D eigenvalue weighted by Crippen LogP contribution is 2.34. The van der Waals surface area contributed by atoms with Crippen LogP contribution in [0.3, 0.4) is 0 Å². The van der Waals surface area contributed by atoms with E-state index in [0.717, 1.165) is 42.7 Å². The molecule has 0 unspecified atom stereocenters. The molecule has 1 aromatic heterocycles. The first kappa shape index (κ1) is 16.2. The highest BCUT2D eigenvalue weighted by molar-refractivity contribution is 5.95. The van der Waals surface area contributed by atoms with Crippen molar-refractivity contribution < 1.29 is 14.3 Å². The van der Waals surface area contributed by atoms with Gasteiger partial charge in [-0.3, -0.25) is 4.79 Å². The summed E-state index contributed by atoms with van der Waals surface area (Å²) >= 11 is 0. The van der Waals surface area contributed by atoms with Crippen LogP contribution in [0.25, 0.3) is 11.0 Å². The first-order valence-electron chi connectivity index (χ1n) is 9.45. The SMILES string of the molecule is O=C(c1ccc2c(c1)OCCO2)N1CCCC[C@H]1c1nc2ccccc2[nH]1. The molecule has 2 aliphatic heterocycles. The molecule has 0 bridgehead atoms. The molecule has 1 fully saturated rings. The molecule has 0 aliphatic carbocycles. The second-order valence-electron chi connectivity index (χ2n) is 7.01. The Kier molecular flexibility index (Phi) is 3.96. The van der Waals surface area contributed by atoms with Crippen LogP contribution in [-0.4, -0.2) is 40.5 Å². The van der Waals surface area contributed by atoms with Crippen molar-refractivity contribution >= 4 is 16.9 Å². The summed E-state index contributed by atoms with van der Waals surface area (Å²) in [6.07, 6.45) is 3.01.